The van der Waals surface area contributed by atoms with Gasteiger partial charge in [0, 0.05) is 24.5 Å². The van der Waals surface area contributed by atoms with Crippen LogP contribution in [0.1, 0.15) is 28.7 Å². The topological polar surface area (TPSA) is 46.9 Å². The summed E-state index contributed by atoms with van der Waals surface area (Å²) >= 11 is 4.05. The summed E-state index contributed by atoms with van der Waals surface area (Å²) in [7, 11) is 0. The predicted octanol–water partition coefficient (Wildman–Crippen LogP) is 1.18. The Labute approximate surface area is 95.5 Å². The number of thiol groups is 1. The molecule has 84 valence electrons. The molecule has 1 N–H and O–H groups in total. The zero-order chi connectivity index (χ0) is 11.4. The molecule has 0 atom stereocenters. The van der Waals surface area contributed by atoms with Gasteiger partial charge < -0.3 is 5.32 Å². The molecule has 0 saturated heterocycles. The zero-order valence-corrected chi connectivity index (χ0v) is 10.3. The molecule has 15 heavy (non-hydrogen) atoms. The van der Waals surface area contributed by atoms with Crippen molar-refractivity contribution in [2.75, 3.05) is 12.3 Å². The Kier molecular flexibility index (Phi) is 4.20. The summed E-state index contributed by atoms with van der Waals surface area (Å²) in [6.07, 6.45) is 0. The van der Waals surface area contributed by atoms with Crippen molar-refractivity contribution in [2.45, 2.75) is 27.3 Å². The molecule has 1 amide bonds. The van der Waals surface area contributed by atoms with Crippen molar-refractivity contribution in [3.63, 3.8) is 0 Å². The molecule has 5 heteroatoms. The van der Waals surface area contributed by atoms with Gasteiger partial charge in [-0.1, -0.05) is 0 Å². The molecule has 1 rings (SSSR count). The van der Waals surface area contributed by atoms with Crippen molar-refractivity contribution in [3.05, 3.63) is 17.0 Å². The Hall–Kier alpha value is -0.970. The number of carbonyl (C=O) groups is 1. The fourth-order valence-electron chi connectivity index (χ4n) is 1.59. The first-order valence-electron chi connectivity index (χ1n) is 5.04. The van der Waals surface area contributed by atoms with Gasteiger partial charge in [-0.2, -0.15) is 17.7 Å². The molecule has 0 fully saturated rings. The molecular weight excluding hydrogens is 210 g/mol. The molecular formula is C10H17N3OS. The van der Waals surface area contributed by atoms with E-state index in [1.807, 2.05) is 25.5 Å². The van der Waals surface area contributed by atoms with E-state index < -0.39 is 0 Å². The fraction of sp³-hybridized carbons (Fsp3) is 0.600. The lowest BCUT2D eigenvalue weighted by Gasteiger charge is -2.03. The second-order valence-electron chi connectivity index (χ2n) is 3.34. The molecule has 1 heterocycles. The lowest BCUT2D eigenvalue weighted by atomic mass is 10.2. The molecule has 1 aromatic rings. The number of hydrogen-bond donors (Lipinski definition) is 2. The van der Waals surface area contributed by atoms with Crippen LogP contribution in [-0.2, 0) is 6.54 Å². The standard InChI is InChI=1S/C10H17N3OS/c1-4-13-8(3)9(7(2)12-13)10(14)11-5-6-15/h15H,4-6H2,1-3H3,(H,11,14). The number of nitrogens with one attached hydrogen (secondary N) is 1. The van der Waals surface area contributed by atoms with Gasteiger partial charge >= 0.3 is 0 Å². The maximum atomic E-state index is 11.8. The van der Waals surface area contributed by atoms with Crippen molar-refractivity contribution < 1.29 is 4.79 Å². The van der Waals surface area contributed by atoms with Crippen LogP contribution in [0, 0.1) is 13.8 Å². The van der Waals surface area contributed by atoms with Gasteiger partial charge in [-0.05, 0) is 20.8 Å². The molecule has 0 aromatic carbocycles. The Morgan fingerprint density at radius 1 is 1.53 bits per heavy atom. The highest BCUT2D eigenvalue weighted by Crippen LogP contribution is 2.12. The van der Waals surface area contributed by atoms with E-state index in [0.29, 0.717) is 17.9 Å². The molecule has 0 radical (unpaired) electrons. The summed E-state index contributed by atoms with van der Waals surface area (Å²) in [5.41, 5.74) is 2.40. The van der Waals surface area contributed by atoms with Gasteiger partial charge in [-0.15, -0.1) is 0 Å². The second kappa shape index (κ2) is 5.21. The third-order valence-corrected chi connectivity index (χ3v) is 2.53. The summed E-state index contributed by atoms with van der Waals surface area (Å²) in [5.74, 6) is 0.588. The molecule has 0 aliphatic carbocycles. The van der Waals surface area contributed by atoms with Crippen LogP contribution >= 0.6 is 12.6 Å². The fourth-order valence-corrected chi connectivity index (χ4v) is 1.70. The molecule has 0 aliphatic rings. The minimum atomic E-state index is -0.0567. The number of rotatable bonds is 4. The third kappa shape index (κ3) is 2.53. The van der Waals surface area contributed by atoms with Crippen LogP contribution in [0.2, 0.25) is 0 Å². The number of amides is 1. The van der Waals surface area contributed by atoms with Crippen molar-refractivity contribution in [2.24, 2.45) is 0 Å². The van der Waals surface area contributed by atoms with E-state index >= 15 is 0 Å². The van der Waals surface area contributed by atoms with Crippen molar-refractivity contribution in [3.8, 4) is 0 Å². The predicted molar refractivity (Wildman–Crippen MR) is 63.6 cm³/mol. The molecule has 0 bridgehead atoms. The second-order valence-corrected chi connectivity index (χ2v) is 3.79. The van der Waals surface area contributed by atoms with Crippen LogP contribution < -0.4 is 5.32 Å². The van der Waals surface area contributed by atoms with E-state index in [4.69, 9.17) is 0 Å². The molecule has 0 saturated carbocycles. The smallest absolute Gasteiger partial charge is 0.255 e. The maximum absolute atomic E-state index is 11.8. The van der Waals surface area contributed by atoms with Gasteiger partial charge in [0.25, 0.3) is 5.91 Å². The maximum Gasteiger partial charge on any atom is 0.255 e. The van der Waals surface area contributed by atoms with Crippen molar-refractivity contribution in [1.29, 1.82) is 0 Å². The van der Waals surface area contributed by atoms with Crippen LogP contribution in [-0.4, -0.2) is 28.0 Å². The normalized spacial score (nSPS) is 10.4. The van der Waals surface area contributed by atoms with Gasteiger partial charge in [0.15, 0.2) is 0 Å². The van der Waals surface area contributed by atoms with Gasteiger partial charge in [0.1, 0.15) is 0 Å². The Morgan fingerprint density at radius 2 is 2.20 bits per heavy atom. The molecule has 0 unspecified atom stereocenters. The highest BCUT2D eigenvalue weighted by molar-refractivity contribution is 7.80. The average molecular weight is 227 g/mol. The quantitative estimate of drug-likeness (QED) is 0.759. The minimum Gasteiger partial charge on any atom is -0.351 e. The van der Waals surface area contributed by atoms with E-state index in [-0.39, 0.29) is 5.91 Å². The summed E-state index contributed by atoms with van der Waals surface area (Å²) in [6.45, 7) is 7.15. The highest BCUT2D eigenvalue weighted by Gasteiger charge is 2.17. The lowest BCUT2D eigenvalue weighted by Crippen LogP contribution is -2.26. The number of nitrogens with zero attached hydrogens (tertiary/aromatic N) is 2. The van der Waals surface area contributed by atoms with Crippen molar-refractivity contribution >= 4 is 18.5 Å². The van der Waals surface area contributed by atoms with Crippen LogP contribution in [0.25, 0.3) is 0 Å². The van der Waals surface area contributed by atoms with Gasteiger partial charge in [0.2, 0.25) is 0 Å². The summed E-state index contributed by atoms with van der Waals surface area (Å²) in [4.78, 5) is 11.8. The number of aryl methyl sites for hydroxylation is 2. The van der Waals surface area contributed by atoms with E-state index in [2.05, 4.69) is 23.0 Å². The third-order valence-electron chi connectivity index (χ3n) is 2.31. The molecule has 0 aliphatic heterocycles. The van der Waals surface area contributed by atoms with E-state index in [0.717, 1.165) is 17.9 Å². The van der Waals surface area contributed by atoms with E-state index in [1.165, 1.54) is 0 Å². The van der Waals surface area contributed by atoms with Gasteiger partial charge in [-0.25, -0.2) is 0 Å². The van der Waals surface area contributed by atoms with Gasteiger partial charge in [-0.3, -0.25) is 9.48 Å². The first-order valence-corrected chi connectivity index (χ1v) is 5.68. The summed E-state index contributed by atoms with van der Waals surface area (Å²) in [5, 5.41) is 7.09. The number of aromatic nitrogens is 2. The molecule has 0 spiro atoms. The van der Waals surface area contributed by atoms with E-state index in [1.54, 1.807) is 0 Å². The summed E-state index contributed by atoms with van der Waals surface area (Å²) in [6, 6.07) is 0. The molecule has 4 nitrogen and oxygen atoms in total. The van der Waals surface area contributed by atoms with Crippen LogP contribution in [0.3, 0.4) is 0 Å². The minimum absolute atomic E-state index is 0.0567. The monoisotopic (exact) mass is 227 g/mol. The zero-order valence-electron chi connectivity index (χ0n) is 9.37. The average Bonchev–Trinajstić information content (AvgIpc) is 2.50. The summed E-state index contributed by atoms with van der Waals surface area (Å²) < 4.78 is 1.84. The number of carbonyl (C=O) groups excluding carboxylic acids is 1. The molecule has 1 aromatic heterocycles. The lowest BCUT2D eigenvalue weighted by molar-refractivity contribution is 0.0955. The van der Waals surface area contributed by atoms with Crippen molar-refractivity contribution in [1.82, 2.24) is 15.1 Å². The Morgan fingerprint density at radius 3 is 2.67 bits per heavy atom. The van der Waals surface area contributed by atoms with Gasteiger partial charge in [0.05, 0.1) is 11.3 Å². The number of hydrogen-bond acceptors (Lipinski definition) is 3. The van der Waals surface area contributed by atoms with Crippen LogP contribution in [0.15, 0.2) is 0 Å². The largest absolute Gasteiger partial charge is 0.351 e. The first-order chi connectivity index (χ1) is 7.11. The Balaban J connectivity index is 2.93. The SMILES string of the molecule is CCn1nc(C)c(C(=O)NCCS)c1C. The first kappa shape index (κ1) is 12.1. The van der Waals surface area contributed by atoms with Crippen LogP contribution in [0.5, 0.6) is 0 Å². The Bertz CT molecular complexity index is 360. The van der Waals surface area contributed by atoms with Crippen LogP contribution in [0.4, 0.5) is 0 Å². The van der Waals surface area contributed by atoms with E-state index in [9.17, 15) is 4.79 Å². The highest BCUT2D eigenvalue weighted by atomic mass is 32.1.